The molecule has 0 radical (unpaired) electrons. The van der Waals surface area contributed by atoms with Crippen LogP contribution in [0.15, 0.2) is 48.2 Å². The molecular formula is C31H23F7O. The van der Waals surface area contributed by atoms with Crippen molar-refractivity contribution in [2.45, 2.75) is 45.2 Å². The minimum absolute atomic E-state index is 0.00189. The van der Waals surface area contributed by atoms with Gasteiger partial charge in [-0.25, -0.2) is 17.6 Å². The number of fused-ring (bicyclic) bond motifs is 1. The Morgan fingerprint density at radius 1 is 0.949 bits per heavy atom. The van der Waals surface area contributed by atoms with Crippen molar-refractivity contribution in [2.75, 3.05) is 6.61 Å². The summed E-state index contributed by atoms with van der Waals surface area (Å²) in [6, 6.07) is 6.80. The molecule has 0 aliphatic heterocycles. The van der Waals surface area contributed by atoms with Crippen LogP contribution < -0.4 is 0 Å². The summed E-state index contributed by atoms with van der Waals surface area (Å²) in [5.74, 6) is 4.47. The van der Waals surface area contributed by atoms with E-state index in [1.807, 2.05) is 6.08 Å². The quantitative estimate of drug-likeness (QED) is 0.177. The molecule has 0 spiro atoms. The molecule has 0 bridgehead atoms. The lowest BCUT2D eigenvalue weighted by molar-refractivity contribution is -0.0696. The molecular weight excluding hydrogens is 521 g/mol. The number of hydrogen-bond donors (Lipinski definition) is 0. The SMILES string of the molecule is CCCCOC1=CCC(C#Cc2ccc(-c3cc(F)c4c(F)c(C#CC(F)(F)F)c(F)cc4c3)c(F)c2)CC1. The molecule has 1 aliphatic carbocycles. The molecule has 0 heterocycles. The van der Waals surface area contributed by atoms with E-state index in [1.54, 1.807) is 6.07 Å². The fraction of sp³-hybridized carbons (Fsp3) is 0.290. The maximum atomic E-state index is 15.0. The van der Waals surface area contributed by atoms with Gasteiger partial charge < -0.3 is 4.74 Å². The molecule has 0 fully saturated rings. The Morgan fingerprint density at radius 2 is 1.74 bits per heavy atom. The Hall–Kier alpha value is -3.91. The van der Waals surface area contributed by atoms with E-state index in [4.69, 9.17) is 4.74 Å². The van der Waals surface area contributed by atoms with Crippen molar-refractivity contribution in [3.05, 3.63) is 82.6 Å². The first kappa shape index (κ1) is 28.1. The summed E-state index contributed by atoms with van der Waals surface area (Å²) in [5.41, 5.74) is -0.818. The van der Waals surface area contributed by atoms with Gasteiger partial charge in [0.2, 0.25) is 0 Å². The van der Waals surface area contributed by atoms with E-state index in [0.29, 0.717) is 18.2 Å². The summed E-state index contributed by atoms with van der Waals surface area (Å²) in [6.45, 7) is 2.80. The molecule has 0 saturated carbocycles. The van der Waals surface area contributed by atoms with Gasteiger partial charge in [0.1, 0.15) is 17.5 Å². The predicted molar refractivity (Wildman–Crippen MR) is 135 cm³/mol. The highest BCUT2D eigenvalue weighted by Gasteiger charge is 2.24. The van der Waals surface area contributed by atoms with Crippen LogP contribution in [0.5, 0.6) is 0 Å². The van der Waals surface area contributed by atoms with Crippen LogP contribution in [0.2, 0.25) is 0 Å². The number of benzene rings is 3. The van der Waals surface area contributed by atoms with Gasteiger partial charge >= 0.3 is 6.18 Å². The molecule has 1 nitrogen and oxygen atoms in total. The number of hydrogen-bond acceptors (Lipinski definition) is 1. The normalized spacial score (nSPS) is 15.2. The summed E-state index contributed by atoms with van der Waals surface area (Å²) >= 11 is 0. The third-order valence-corrected chi connectivity index (χ3v) is 6.27. The van der Waals surface area contributed by atoms with Crippen molar-refractivity contribution in [2.24, 2.45) is 5.92 Å². The molecule has 0 aromatic heterocycles. The Kier molecular flexibility index (Phi) is 8.55. The van der Waals surface area contributed by atoms with E-state index in [-0.39, 0.29) is 22.4 Å². The number of allylic oxidation sites excluding steroid dienone is 2. The van der Waals surface area contributed by atoms with E-state index < -0.39 is 40.4 Å². The molecule has 39 heavy (non-hydrogen) atoms. The molecule has 0 saturated heterocycles. The highest BCUT2D eigenvalue weighted by atomic mass is 19.4. The van der Waals surface area contributed by atoms with E-state index in [1.165, 1.54) is 18.1 Å². The van der Waals surface area contributed by atoms with Crippen molar-refractivity contribution in [1.29, 1.82) is 0 Å². The van der Waals surface area contributed by atoms with Gasteiger partial charge in [-0.3, -0.25) is 0 Å². The lowest BCUT2D eigenvalue weighted by Crippen LogP contribution is -2.06. The molecule has 0 N–H and O–H groups in total. The monoisotopic (exact) mass is 544 g/mol. The summed E-state index contributed by atoms with van der Waals surface area (Å²) in [7, 11) is 0. The topological polar surface area (TPSA) is 9.23 Å². The maximum Gasteiger partial charge on any atom is 0.458 e. The van der Waals surface area contributed by atoms with Crippen molar-refractivity contribution in [1.82, 2.24) is 0 Å². The third-order valence-electron chi connectivity index (χ3n) is 6.27. The number of alkyl halides is 3. The van der Waals surface area contributed by atoms with E-state index in [0.717, 1.165) is 55.9 Å². The summed E-state index contributed by atoms with van der Waals surface area (Å²) in [6.07, 6.45) is 1.48. The van der Waals surface area contributed by atoms with E-state index >= 15 is 0 Å². The second kappa shape index (κ2) is 11.9. The van der Waals surface area contributed by atoms with E-state index in [2.05, 4.69) is 18.8 Å². The van der Waals surface area contributed by atoms with Gasteiger partial charge in [0, 0.05) is 29.4 Å². The van der Waals surface area contributed by atoms with Crippen molar-refractivity contribution >= 4 is 10.8 Å². The van der Waals surface area contributed by atoms with Gasteiger partial charge in [-0.05, 0) is 66.6 Å². The van der Waals surface area contributed by atoms with Gasteiger partial charge in [0.25, 0.3) is 0 Å². The number of halogens is 7. The average molecular weight is 545 g/mol. The maximum absolute atomic E-state index is 15.0. The molecule has 1 unspecified atom stereocenters. The second-order valence-corrected chi connectivity index (χ2v) is 9.16. The van der Waals surface area contributed by atoms with Crippen LogP contribution >= 0.6 is 0 Å². The third kappa shape index (κ3) is 6.95. The fourth-order valence-electron chi connectivity index (χ4n) is 4.25. The lowest BCUT2D eigenvalue weighted by atomic mass is 9.93. The Labute approximate surface area is 221 Å². The predicted octanol–water partition coefficient (Wildman–Crippen LogP) is 8.83. The zero-order valence-corrected chi connectivity index (χ0v) is 20.9. The van der Waals surface area contributed by atoms with Gasteiger partial charge in [0.05, 0.1) is 23.3 Å². The molecule has 1 atom stereocenters. The molecule has 8 heteroatoms. The summed E-state index contributed by atoms with van der Waals surface area (Å²) < 4.78 is 102. The van der Waals surface area contributed by atoms with Crippen LogP contribution in [0.25, 0.3) is 21.9 Å². The Bertz CT molecular complexity index is 1550. The van der Waals surface area contributed by atoms with Crippen molar-refractivity contribution in [3.63, 3.8) is 0 Å². The first-order chi connectivity index (χ1) is 18.6. The van der Waals surface area contributed by atoms with Gasteiger partial charge in [-0.2, -0.15) is 13.2 Å². The zero-order valence-electron chi connectivity index (χ0n) is 20.9. The van der Waals surface area contributed by atoms with Gasteiger partial charge in [-0.15, -0.1) is 0 Å². The van der Waals surface area contributed by atoms with Crippen LogP contribution in [-0.2, 0) is 4.74 Å². The highest BCUT2D eigenvalue weighted by Crippen LogP contribution is 2.33. The zero-order chi connectivity index (χ0) is 28.2. The van der Waals surface area contributed by atoms with Crippen LogP contribution in [0, 0.1) is 52.9 Å². The number of unbranched alkanes of at least 4 members (excludes halogenated alkanes) is 1. The molecule has 1 aliphatic rings. The smallest absolute Gasteiger partial charge is 0.458 e. The highest BCUT2D eigenvalue weighted by molar-refractivity contribution is 5.90. The summed E-state index contributed by atoms with van der Waals surface area (Å²) in [4.78, 5) is 0. The van der Waals surface area contributed by atoms with Gasteiger partial charge in [0.15, 0.2) is 5.82 Å². The van der Waals surface area contributed by atoms with E-state index in [9.17, 15) is 30.7 Å². The number of ether oxygens (including phenoxy) is 1. The molecule has 4 rings (SSSR count). The molecule has 3 aromatic rings. The van der Waals surface area contributed by atoms with Crippen LogP contribution in [0.4, 0.5) is 30.7 Å². The first-order valence-electron chi connectivity index (χ1n) is 12.4. The Balaban J connectivity index is 1.57. The van der Waals surface area contributed by atoms with Crippen LogP contribution in [0.3, 0.4) is 0 Å². The van der Waals surface area contributed by atoms with Crippen molar-refractivity contribution < 1.29 is 35.5 Å². The lowest BCUT2D eigenvalue weighted by Gasteiger charge is -2.18. The largest absolute Gasteiger partial charge is 0.498 e. The molecule has 202 valence electrons. The molecule has 0 amide bonds. The second-order valence-electron chi connectivity index (χ2n) is 9.16. The standard InChI is InChI=1S/C31H23F7O/c1-2-3-14-39-23-9-6-19(7-10-23)4-5-20-8-11-24(26(32)15-20)21-16-22-18-27(33)25(12-13-31(36,37)38)30(35)29(22)28(34)17-21/h8-9,11,15-19H,2-3,6-7,10,14H2,1H3. The minimum atomic E-state index is -4.98. The molecule has 3 aromatic carbocycles. The van der Waals surface area contributed by atoms with Crippen LogP contribution in [-0.4, -0.2) is 12.8 Å². The van der Waals surface area contributed by atoms with Crippen molar-refractivity contribution in [3.8, 4) is 34.8 Å². The minimum Gasteiger partial charge on any atom is -0.498 e. The van der Waals surface area contributed by atoms with Gasteiger partial charge in [-0.1, -0.05) is 37.2 Å². The fourth-order valence-corrected chi connectivity index (χ4v) is 4.25. The first-order valence-corrected chi connectivity index (χ1v) is 12.4. The van der Waals surface area contributed by atoms with Crippen LogP contribution in [0.1, 0.15) is 50.2 Å². The average Bonchev–Trinajstić information content (AvgIpc) is 2.87. The number of rotatable bonds is 5. The summed E-state index contributed by atoms with van der Waals surface area (Å²) in [5, 5.41) is -1.03. The Morgan fingerprint density at radius 3 is 2.41 bits per heavy atom.